The van der Waals surface area contributed by atoms with Crippen molar-refractivity contribution in [3.63, 3.8) is 0 Å². The van der Waals surface area contributed by atoms with Crippen molar-refractivity contribution in [1.82, 2.24) is 0 Å². The summed E-state index contributed by atoms with van der Waals surface area (Å²) < 4.78 is 0. The summed E-state index contributed by atoms with van der Waals surface area (Å²) in [6.07, 6.45) is 3.89. The van der Waals surface area contributed by atoms with Crippen LogP contribution in [0.4, 0.5) is 0 Å². The van der Waals surface area contributed by atoms with Gasteiger partial charge in [-0.05, 0) is 75.6 Å². The average Bonchev–Trinajstić information content (AvgIpc) is 2.91. The van der Waals surface area contributed by atoms with Crippen molar-refractivity contribution in [2.24, 2.45) is 22.9 Å². The molecule has 0 aliphatic rings. The van der Waals surface area contributed by atoms with Crippen molar-refractivity contribution in [2.45, 2.75) is 77.5 Å². The van der Waals surface area contributed by atoms with Gasteiger partial charge in [-0.25, -0.2) is 0 Å². The fourth-order valence-corrected chi connectivity index (χ4v) is 3.94. The summed E-state index contributed by atoms with van der Waals surface area (Å²) in [4.78, 5) is 0. The van der Waals surface area contributed by atoms with E-state index >= 15 is 0 Å². The van der Waals surface area contributed by atoms with Crippen LogP contribution in [-0.2, 0) is 25.7 Å². The first-order valence-corrected chi connectivity index (χ1v) is 14.3. The first kappa shape index (κ1) is 34.7. The molecule has 4 aromatic rings. The van der Waals surface area contributed by atoms with E-state index in [1.54, 1.807) is 0 Å². The van der Waals surface area contributed by atoms with Gasteiger partial charge in [-0.15, -0.1) is 0 Å². The molecule has 0 aliphatic carbocycles. The predicted molar refractivity (Wildman–Crippen MR) is 175 cm³/mol. The zero-order chi connectivity index (χ0) is 29.6. The lowest BCUT2D eigenvalue weighted by molar-refractivity contribution is 0.738. The molecule has 0 saturated heterocycles. The zero-order valence-electron chi connectivity index (χ0n) is 25.0. The fraction of sp³-hybridized carbons (Fsp3) is 0.333. The van der Waals surface area contributed by atoms with Gasteiger partial charge in [0.15, 0.2) is 0 Å². The molecule has 0 fully saturated rings. The Kier molecular flexibility index (Phi) is 18.7. The monoisotopic (exact) mass is 544 g/mol. The summed E-state index contributed by atoms with van der Waals surface area (Å²) in [7, 11) is 0. The largest absolute Gasteiger partial charge is 0.328 e. The second kappa shape index (κ2) is 21.5. The molecule has 40 heavy (non-hydrogen) atoms. The van der Waals surface area contributed by atoms with Gasteiger partial charge < -0.3 is 22.9 Å². The Morgan fingerprint density at radius 2 is 0.475 bits per heavy atom. The third-order valence-electron chi connectivity index (χ3n) is 5.60. The third-order valence-corrected chi connectivity index (χ3v) is 5.60. The van der Waals surface area contributed by atoms with E-state index in [2.05, 4.69) is 48.5 Å². The third kappa shape index (κ3) is 19.7. The van der Waals surface area contributed by atoms with Crippen LogP contribution < -0.4 is 22.9 Å². The Balaban J connectivity index is 0.000000267. The van der Waals surface area contributed by atoms with Crippen molar-refractivity contribution in [2.75, 3.05) is 0 Å². The summed E-state index contributed by atoms with van der Waals surface area (Å²) in [5.74, 6) is 0. The molecular formula is C36H52N4. The quantitative estimate of drug-likeness (QED) is 0.154. The van der Waals surface area contributed by atoms with E-state index in [0.717, 1.165) is 25.7 Å². The molecule has 0 heterocycles. The standard InChI is InChI=1S/4C9H13N/c4*1-8(10)7-9-5-3-2-4-6-9/h4*2-6,8H,7,10H2,1H3/t4*8-/m1100/s1/i10+1;1+1;10+1;1+1. The molecule has 4 nitrogen and oxygen atoms in total. The van der Waals surface area contributed by atoms with E-state index in [1.807, 2.05) is 100 Å². The van der Waals surface area contributed by atoms with E-state index < -0.39 is 0 Å². The molecule has 4 heteroatoms. The molecule has 4 rings (SSSR count). The maximum absolute atomic E-state index is 5.62. The summed E-state index contributed by atoms with van der Waals surface area (Å²) in [5.41, 5.74) is 27.8. The van der Waals surface area contributed by atoms with Crippen LogP contribution >= 0.6 is 0 Å². The number of hydrogen-bond acceptors (Lipinski definition) is 4. The lowest BCUT2D eigenvalue weighted by Crippen LogP contribution is -2.17. The van der Waals surface area contributed by atoms with Gasteiger partial charge in [-0.3, -0.25) is 0 Å². The molecule has 0 amide bonds. The number of rotatable bonds is 8. The summed E-state index contributed by atoms with van der Waals surface area (Å²) in [6.45, 7) is 8.08. The topological polar surface area (TPSA) is 104 Å². The van der Waals surface area contributed by atoms with Gasteiger partial charge >= 0.3 is 0 Å². The van der Waals surface area contributed by atoms with E-state index in [4.69, 9.17) is 22.9 Å². The lowest BCUT2D eigenvalue weighted by atomic mass is 10.1. The molecule has 0 aromatic heterocycles. The summed E-state index contributed by atoms with van der Waals surface area (Å²) >= 11 is 0. The Hall–Kier alpha value is -3.28. The van der Waals surface area contributed by atoms with Crippen LogP contribution in [0.1, 0.15) is 49.9 Å². The van der Waals surface area contributed by atoms with E-state index in [9.17, 15) is 0 Å². The van der Waals surface area contributed by atoms with Gasteiger partial charge in [0, 0.05) is 24.2 Å². The smallest absolute Gasteiger partial charge is 0.00509 e. The van der Waals surface area contributed by atoms with Crippen LogP contribution in [0.15, 0.2) is 121 Å². The molecule has 0 radical (unpaired) electrons. The van der Waals surface area contributed by atoms with Crippen molar-refractivity contribution >= 4 is 0 Å². The van der Waals surface area contributed by atoms with E-state index in [0.29, 0.717) is 0 Å². The van der Waals surface area contributed by atoms with E-state index in [1.165, 1.54) is 22.3 Å². The van der Waals surface area contributed by atoms with Gasteiger partial charge in [0.2, 0.25) is 0 Å². The molecule has 0 saturated carbocycles. The van der Waals surface area contributed by atoms with Gasteiger partial charge in [-0.1, -0.05) is 121 Å². The van der Waals surface area contributed by atoms with Crippen LogP contribution in [0.2, 0.25) is 0 Å². The summed E-state index contributed by atoms with van der Waals surface area (Å²) in [6, 6.07) is 42.3. The average molecular weight is 545 g/mol. The lowest BCUT2D eigenvalue weighted by Gasteiger charge is -2.02. The van der Waals surface area contributed by atoms with Crippen LogP contribution in [0.3, 0.4) is 0 Å². The number of nitrogens with two attached hydrogens (primary N) is 4. The van der Waals surface area contributed by atoms with Gasteiger partial charge in [-0.2, -0.15) is 0 Å². The highest BCUT2D eigenvalue weighted by atomic mass is 15.4. The summed E-state index contributed by atoms with van der Waals surface area (Å²) in [5, 5.41) is 0. The molecule has 8 N–H and O–H groups in total. The molecule has 216 valence electrons. The van der Waals surface area contributed by atoms with Crippen molar-refractivity contribution in [1.29, 1.82) is 0 Å². The maximum atomic E-state index is 5.62. The fourth-order valence-electron chi connectivity index (χ4n) is 3.94. The predicted octanol–water partition coefficient (Wildman–Crippen LogP) is 6.31. The molecule has 0 spiro atoms. The SMILES string of the molecule is C[C@@H]([15NH2])Cc1ccccc1.C[C@H]([15NH2])Cc1ccccc1.[13CH3][C@@H](N)Cc1ccccc1.[13CH3][C@H](N)Cc1ccccc1. The van der Waals surface area contributed by atoms with Crippen molar-refractivity contribution < 1.29 is 0 Å². The molecule has 4 aromatic carbocycles. The van der Waals surface area contributed by atoms with Crippen LogP contribution in [0, 0.1) is 0 Å². The molecule has 0 bridgehead atoms. The maximum Gasteiger partial charge on any atom is 0.00509 e. The number of benzene rings is 4. The minimum atomic E-state index is 0.266. The van der Waals surface area contributed by atoms with Gasteiger partial charge in [0.1, 0.15) is 0 Å². The zero-order valence-corrected chi connectivity index (χ0v) is 25.0. The second-order valence-corrected chi connectivity index (χ2v) is 10.7. The molecular weight excluding hydrogens is 492 g/mol. The van der Waals surface area contributed by atoms with E-state index in [-0.39, 0.29) is 24.2 Å². The van der Waals surface area contributed by atoms with Gasteiger partial charge in [0.05, 0.1) is 0 Å². The highest BCUT2D eigenvalue weighted by Gasteiger charge is 1.96. The molecule has 4 atom stereocenters. The highest BCUT2D eigenvalue weighted by molar-refractivity contribution is 5.17. The minimum Gasteiger partial charge on any atom is -0.328 e. The van der Waals surface area contributed by atoms with Crippen molar-refractivity contribution in [3.05, 3.63) is 144 Å². The Morgan fingerprint density at radius 3 is 0.600 bits per heavy atom. The van der Waals surface area contributed by atoms with Crippen LogP contribution in [-0.4, -0.2) is 24.2 Å². The number of hydrogen-bond donors (Lipinski definition) is 4. The first-order chi connectivity index (χ1) is 19.2. The Labute approximate surface area is 243 Å². The van der Waals surface area contributed by atoms with Gasteiger partial charge in [0.25, 0.3) is 0 Å². The van der Waals surface area contributed by atoms with Crippen LogP contribution in [0.5, 0.6) is 0 Å². The Morgan fingerprint density at radius 1 is 0.325 bits per heavy atom. The Bertz CT molecular complexity index is 899. The highest BCUT2D eigenvalue weighted by Crippen LogP contribution is 2.02. The second-order valence-electron chi connectivity index (χ2n) is 10.7. The molecule has 0 aliphatic heterocycles. The van der Waals surface area contributed by atoms with Crippen LogP contribution in [0.25, 0.3) is 0 Å². The molecule has 0 unspecified atom stereocenters. The van der Waals surface area contributed by atoms with Crippen molar-refractivity contribution in [3.8, 4) is 0 Å². The normalized spacial score (nSPS) is 13.0. The first-order valence-electron chi connectivity index (χ1n) is 14.3. The minimum absolute atomic E-state index is 0.266.